The number of amides is 1. The molecule has 0 aromatic heterocycles. The van der Waals surface area contributed by atoms with Crippen LogP contribution < -0.4 is 24.6 Å². The van der Waals surface area contributed by atoms with Crippen LogP contribution in [-0.4, -0.2) is 5.24 Å². The van der Waals surface area contributed by atoms with Crippen LogP contribution in [0, 0.1) is 0 Å². The Morgan fingerprint density at radius 3 is 2.00 bits per heavy atom. The quantitative estimate of drug-likeness (QED) is 0.241. The summed E-state index contributed by atoms with van der Waals surface area (Å²) < 4.78 is 0. The van der Waals surface area contributed by atoms with Crippen LogP contribution in [0.4, 0.5) is 4.79 Å². The van der Waals surface area contributed by atoms with E-state index < -0.39 is 5.24 Å². The molecule has 0 heterocycles. The zero-order valence-corrected chi connectivity index (χ0v) is 3.83. The monoisotopic (exact) mass is 85.0 g/mol. The predicted molar refractivity (Wildman–Crippen MR) is 19.7 cm³/mol. The summed E-state index contributed by atoms with van der Waals surface area (Å²) in [6.07, 6.45) is 0. The summed E-state index contributed by atoms with van der Waals surface area (Å²) in [5, 5.41) is -0.639. The molecule has 0 spiro atoms. The second-order valence-electron chi connectivity index (χ2n) is 0.338. The molecule has 0 unspecified atom stereocenters. The fraction of sp³-hybridized carbons (Fsp3) is 0. The zero-order chi connectivity index (χ0) is 3.58. The van der Waals surface area contributed by atoms with Gasteiger partial charge in [0.05, 0.1) is 0 Å². The van der Waals surface area contributed by atoms with E-state index in [4.69, 9.17) is 4.79 Å². The van der Waals surface area contributed by atoms with Gasteiger partial charge in [-0.05, 0) is 0 Å². The van der Waals surface area contributed by atoms with Crippen LogP contribution in [-0.2, 0) is 0 Å². The molecule has 0 saturated carbocycles. The maximum Gasteiger partial charge on any atom is 1.00 e. The van der Waals surface area contributed by atoms with Gasteiger partial charge in [-0.3, -0.25) is 4.79 Å². The average molecular weight is 85.1 g/mol. The molecule has 0 fully saturated rings. The summed E-state index contributed by atoms with van der Waals surface area (Å²) in [6, 6.07) is 0. The van der Waals surface area contributed by atoms with E-state index in [1.54, 1.807) is 0 Å². The Kier molecular flexibility index (Phi) is 8.00. The molecule has 1 amide bonds. The number of hydrogen-bond donors (Lipinski definition) is 2. The second-order valence-corrected chi connectivity index (χ2v) is 0.779. The van der Waals surface area contributed by atoms with Crippen molar-refractivity contribution in [1.82, 2.24) is 0 Å². The Balaban J connectivity index is -0.0000000450. The van der Waals surface area contributed by atoms with E-state index in [0.717, 1.165) is 0 Å². The van der Waals surface area contributed by atoms with Crippen molar-refractivity contribution >= 4 is 17.9 Å². The molecular formula is CH4LiNOS. The third-order valence-electron chi connectivity index (χ3n) is 0. The Bertz CT molecular complexity index is 38.5. The first-order valence-electron chi connectivity index (χ1n) is 0.716. The van der Waals surface area contributed by atoms with Crippen molar-refractivity contribution in [3.05, 3.63) is 0 Å². The Morgan fingerprint density at radius 2 is 2.00 bits per heavy atom. The van der Waals surface area contributed by atoms with E-state index in [-0.39, 0.29) is 20.3 Å². The standard InChI is InChI=1S/CH3NOS.Li.H/c2-1(3)4;;/h(H3,2,3,4);;/q;+1;-1. The predicted octanol–water partition coefficient (Wildman–Crippen LogP) is -2.89. The number of hydrogen-bond acceptors (Lipinski definition) is 1. The van der Waals surface area contributed by atoms with Gasteiger partial charge in [-0.15, -0.1) is 0 Å². The largest absolute Gasteiger partial charge is 1.00 e. The number of carbonyl (C=O) groups excluding carboxylic acids is 1. The molecule has 0 aromatic rings. The summed E-state index contributed by atoms with van der Waals surface area (Å²) in [6.45, 7) is 0. The molecule has 2 nitrogen and oxygen atoms in total. The van der Waals surface area contributed by atoms with E-state index in [9.17, 15) is 0 Å². The zero-order valence-electron chi connectivity index (χ0n) is 3.93. The van der Waals surface area contributed by atoms with Gasteiger partial charge in [-0.1, -0.05) is 12.6 Å². The van der Waals surface area contributed by atoms with Gasteiger partial charge in [0.15, 0.2) is 0 Å². The van der Waals surface area contributed by atoms with Gasteiger partial charge < -0.3 is 7.16 Å². The minimum atomic E-state index is -0.639. The Labute approximate surface area is 49.2 Å². The van der Waals surface area contributed by atoms with Gasteiger partial charge in [0.25, 0.3) is 5.24 Å². The van der Waals surface area contributed by atoms with E-state index in [1.165, 1.54) is 0 Å². The van der Waals surface area contributed by atoms with E-state index in [1.807, 2.05) is 0 Å². The average Bonchev–Trinajstić information content (AvgIpc) is 0.811. The van der Waals surface area contributed by atoms with Crippen LogP contribution in [0.25, 0.3) is 0 Å². The van der Waals surface area contributed by atoms with E-state index in [2.05, 4.69) is 18.4 Å². The first-order chi connectivity index (χ1) is 1.73. The molecule has 2 N–H and O–H groups in total. The normalized spacial score (nSPS) is 5.00. The molecular weight excluding hydrogens is 81.0 g/mol. The minimum Gasteiger partial charge on any atom is -1.00 e. The molecule has 0 aromatic carbocycles. The van der Waals surface area contributed by atoms with Gasteiger partial charge in [0.2, 0.25) is 0 Å². The molecule has 0 bridgehead atoms. The van der Waals surface area contributed by atoms with Crippen molar-refractivity contribution in [2.75, 3.05) is 0 Å². The summed E-state index contributed by atoms with van der Waals surface area (Å²) >= 11 is 3.10. The van der Waals surface area contributed by atoms with Crippen molar-refractivity contribution in [3.63, 3.8) is 0 Å². The minimum absolute atomic E-state index is 0. The van der Waals surface area contributed by atoms with E-state index >= 15 is 0 Å². The maximum absolute atomic E-state index is 9.09. The van der Waals surface area contributed by atoms with Gasteiger partial charge in [0, 0.05) is 0 Å². The van der Waals surface area contributed by atoms with Crippen LogP contribution in [0.3, 0.4) is 0 Å². The smallest absolute Gasteiger partial charge is 1.00 e. The molecule has 0 atom stereocenters. The van der Waals surface area contributed by atoms with Crippen LogP contribution in [0.1, 0.15) is 1.43 Å². The molecule has 0 radical (unpaired) electrons. The van der Waals surface area contributed by atoms with Crippen molar-refractivity contribution in [2.45, 2.75) is 0 Å². The van der Waals surface area contributed by atoms with Crippen LogP contribution in [0.15, 0.2) is 0 Å². The van der Waals surface area contributed by atoms with E-state index in [0.29, 0.717) is 0 Å². The number of thiol groups is 1. The van der Waals surface area contributed by atoms with Crippen molar-refractivity contribution < 1.29 is 25.1 Å². The molecule has 0 rings (SSSR count). The Hall–Kier alpha value is 0.417. The molecule has 0 saturated heterocycles. The first kappa shape index (κ1) is 9.05. The van der Waals surface area contributed by atoms with Crippen LogP contribution in [0.2, 0.25) is 0 Å². The fourth-order valence-electron chi connectivity index (χ4n) is 0. The summed E-state index contributed by atoms with van der Waals surface area (Å²) in [5.74, 6) is 0. The maximum atomic E-state index is 9.09. The molecule has 4 heteroatoms. The summed E-state index contributed by atoms with van der Waals surface area (Å²) in [4.78, 5) is 9.09. The van der Waals surface area contributed by atoms with Crippen molar-refractivity contribution in [1.29, 1.82) is 0 Å². The topological polar surface area (TPSA) is 43.1 Å². The third-order valence-corrected chi connectivity index (χ3v) is 0. The molecule has 0 aliphatic carbocycles. The van der Waals surface area contributed by atoms with Gasteiger partial charge in [0.1, 0.15) is 0 Å². The SMILES string of the molecule is NC(=O)S.[H-].[Li+]. The third kappa shape index (κ3) is 148. The van der Waals surface area contributed by atoms with Crippen LogP contribution in [0.5, 0.6) is 0 Å². The van der Waals surface area contributed by atoms with Gasteiger partial charge in [-0.25, -0.2) is 0 Å². The molecule has 5 heavy (non-hydrogen) atoms. The first-order valence-corrected chi connectivity index (χ1v) is 1.16. The second kappa shape index (κ2) is 4.42. The summed E-state index contributed by atoms with van der Waals surface area (Å²) in [5.41, 5.74) is 4.34. The fourth-order valence-corrected chi connectivity index (χ4v) is 0. The summed E-state index contributed by atoms with van der Waals surface area (Å²) in [7, 11) is 0. The van der Waals surface area contributed by atoms with Crippen molar-refractivity contribution in [2.24, 2.45) is 5.73 Å². The Morgan fingerprint density at radius 1 is 2.00 bits per heavy atom. The molecule has 0 aliphatic rings. The number of primary amides is 1. The van der Waals surface area contributed by atoms with Gasteiger partial charge >= 0.3 is 18.9 Å². The molecule has 26 valence electrons. The molecule has 0 aliphatic heterocycles. The van der Waals surface area contributed by atoms with Gasteiger partial charge in [-0.2, -0.15) is 0 Å². The number of carbonyl (C=O) groups is 1. The number of nitrogens with two attached hydrogens (primary N) is 1. The number of rotatable bonds is 0. The van der Waals surface area contributed by atoms with Crippen molar-refractivity contribution in [3.8, 4) is 0 Å². The van der Waals surface area contributed by atoms with Crippen LogP contribution >= 0.6 is 12.6 Å².